The summed E-state index contributed by atoms with van der Waals surface area (Å²) >= 11 is 1.28. The summed E-state index contributed by atoms with van der Waals surface area (Å²) in [7, 11) is 1.74. The number of aryl methyl sites for hydroxylation is 4. The average molecular weight is 434 g/mol. The Bertz CT molecular complexity index is 1230. The highest BCUT2D eigenvalue weighted by Gasteiger charge is 2.16. The van der Waals surface area contributed by atoms with Crippen LogP contribution in [-0.4, -0.2) is 41.6 Å². The molecule has 0 bridgehead atoms. The summed E-state index contributed by atoms with van der Waals surface area (Å²) in [6, 6.07) is 16.0. The Morgan fingerprint density at radius 2 is 1.77 bits per heavy atom. The number of carbonyl (C=O) groups is 1. The van der Waals surface area contributed by atoms with Crippen molar-refractivity contribution >= 4 is 23.5 Å². The van der Waals surface area contributed by atoms with Crippen LogP contribution in [0.4, 0.5) is 5.82 Å². The van der Waals surface area contributed by atoms with Gasteiger partial charge in [0.05, 0.1) is 17.1 Å². The number of rotatable bonds is 6. The summed E-state index contributed by atoms with van der Waals surface area (Å²) in [6.07, 6.45) is 0. The third-order valence-corrected chi connectivity index (χ3v) is 6.02. The van der Waals surface area contributed by atoms with Crippen LogP contribution in [0.5, 0.6) is 0 Å². The molecular formula is C22H23N7OS. The first-order valence-electron chi connectivity index (χ1n) is 9.81. The zero-order valence-corrected chi connectivity index (χ0v) is 18.6. The van der Waals surface area contributed by atoms with Gasteiger partial charge in [0.1, 0.15) is 5.82 Å². The molecule has 0 atom stereocenters. The van der Waals surface area contributed by atoms with Crippen molar-refractivity contribution in [3.8, 4) is 16.9 Å². The molecule has 0 radical (unpaired) electrons. The van der Waals surface area contributed by atoms with Crippen LogP contribution in [0.25, 0.3) is 16.9 Å². The molecule has 0 saturated heterocycles. The predicted octanol–water partition coefficient (Wildman–Crippen LogP) is 3.72. The topological polar surface area (TPSA) is 90.5 Å². The molecule has 0 aliphatic heterocycles. The molecule has 0 fully saturated rings. The quantitative estimate of drug-likeness (QED) is 0.466. The zero-order valence-electron chi connectivity index (χ0n) is 17.8. The van der Waals surface area contributed by atoms with E-state index in [9.17, 15) is 4.79 Å². The Morgan fingerprint density at radius 1 is 1.03 bits per heavy atom. The molecule has 1 amide bonds. The summed E-state index contributed by atoms with van der Waals surface area (Å²) in [5.74, 6) is 0.639. The minimum absolute atomic E-state index is 0.159. The van der Waals surface area contributed by atoms with Crippen LogP contribution in [0, 0.1) is 20.8 Å². The fraction of sp³-hybridized carbons (Fsp3) is 0.227. The first-order chi connectivity index (χ1) is 14.9. The third kappa shape index (κ3) is 4.51. The van der Waals surface area contributed by atoms with Crippen LogP contribution < -0.4 is 5.32 Å². The number of benzene rings is 2. The minimum atomic E-state index is -0.159. The van der Waals surface area contributed by atoms with Crippen molar-refractivity contribution in [2.24, 2.45) is 7.05 Å². The number of amides is 1. The molecular weight excluding hydrogens is 410 g/mol. The van der Waals surface area contributed by atoms with Gasteiger partial charge in [-0.1, -0.05) is 36.0 Å². The van der Waals surface area contributed by atoms with Crippen LogP contribution in [0.1, 0.15) is 16.7 Å². The molecule has 4 rings (SSSR count). The Morgan fingerprint density at radius 3 is 2.48 bits per heavy atom. The van der Waals surface area contributed by atoms with Crippen molar-refractivity contribution in [3.63, 3.8) is 0 Å². The number of para-hydroxylation sites is 1. The maximum Gasteiger partial charge on any atom is 0.236 e. The van der Waals surface area contributed by atoms with Crippen LogP contribution in [0.3, 0.4) is 0 Å². The summed E-state index contributed by atoms with van der Waals surface area (Å²) in [5.41, 5.74) is 6.32. The largest absolute Gasteiger partial charge is 0.310 e. The minimum Gasteiger partial charge on any atom is -0.310 e. The lowest BCUT2D eigenvalue weighted by atomic mass is 9.99. The summed E-state index contributed by atoms with van der Waals surface area (Å²) < 4.78 is 3.29. The number of hydrogen-bond acceptors (Lipinski definition) is 6. The van der Waals surface area contributed by atoms with Crippen molar-refractivity contribution in [1.29, 1.82) is 0 Å². The lowest BCUT2D eigenvalue weighted by molar-refractivity contribution is -0.113. The van der Waals surface area contributed by atoms with Gasteiger partial charge in [0.15, 0.2) is 0 Å². The van der Waals surface area contributed by atoms with Gasteiger partial charge in [0, 0.05) is 18.7 Å². The number of aromatic nitrogens is 6. The highest BCUT2D eigenvalue weighted by molar-refractivity contribution is 7.99. The summed E-state index contributed by atoms with van der Waals surface area (Å²) in [5, 5.41) is 19.7. The molecule has 0 aliphatic carbocycles. The molecule has 2 heterocycles. The Labute approximate surface area is 184 Å². The van der Waals surface area contributed by atoms with Gasteiger partial charge in [-0.2, -0.15) is 5.10 Å². The van der Waals surface area contributed by atoms with Crippen molar-refractivity contribution < 1.29 is 4.79 Å². The van der Waals surface area contributed by atoms with Crippen molar-refractivity contribution in [2.45, 2.75) is 25.9 Å². The normalized spacial score (nSPS) is 11.0. The standard InChI is InChI=1S/C22H23N7OS/c1-14-10-16(3)18(11-15(14)2)19-12-20(29(25-19)17-8-6-5-7-9-17)23-21(30)13-31-22-24-26-27-28(22)4/h5-12H,13H2,1-4H3,(H,23,30). The van der Waals surface area contributed by atoms with Crippen molar-refractivity contribution in [3.05, 3.63) is 65.2 Å². The van der Waals surface area contributed by atoms with E-state index in [0.29, 0.717) is 11.0 Å². The Kier molecular flexibility index (Phi) is 5.85. The van der Waals surface area contributed by atoms with E-state index in [0.717, 1.165) is 22.5 Å². The van der Waals surface area contributed by atoms with E-state index in [2.05, 4.69) is 53.7 Å². The van der Waals surface area contributed by atoms with Gasteiger partial charge in [0.25, 0.3) is 0 Å². The molecule has 8 nitrogen and oxygen atoms in total. The van der Waals surface area contributed by atoms with Crippen LogP contribution in [0.2, 0.25) is 0 Å². The first kappa shape index (κ1) is 20.8. The molecule has 0 saturated carbocycles. The molecule has 9 heteroatoms. The maximum absolute atomic E-state index is 12.7. The fourth-order valence-electron chi connectivity index (χ4n) is 3.26. The van der Waals surface area contributed by atoms with E-state index in [4.69, 9.17) is 5.10 Å². The molecule has 158 valence electrons. The smallest absolute Gasteiger partial charge is 0.236 e. The number of carbonyl (C=O) groups excluding carboxylic acids is 1. The average Bonchev–Trinajstić information content (AvgIpc) is 3.36. The number of nitrogens with one attached hydrogen (secondary N) is 1. The van der Waals surface area contributed by atoms with Crippen LogP contribution in [-0.2, 0) is 11.8 Å². The van der Waals surface area contributed by atoms with E-state index in [1.54, 1.807) is 11.7 Å². The monoisotopic (exact) mass is 433 g/mol. The van der Waals surface area contributed by atoms with Crippen molar-refractivity contribution in [1.82, 2.24) is 30.0 Å². The molecule has 0 aliphatic rings. The molecule has 1 N–H and O–H groups in total. The van der Waals surface area contributed by atoms with E-state index >= 15 is 0 Å². The number of tetrazole rings is 1. The van der Waals surface area contributed by atoms with Gasteiger partial charge in [-0.3, -0.25) is 4.79 Å². The van der Waals surface area contributed by atoms with Gasteiger partial charge in [-0.05, 0) is 66.1 Å². The molecule has 2 aromatic carbocycles. The van der Waals surface area contributed by atoms with Gasteiger partial charge >= 0.3 is 0 Å². The number of nitrogens with zero attached hydrogens (tertiary/aromatic N) is 6. The zero-order chi connectivity index (χ0) is 22.0. The predicted molar refractivity (Wildman–Crippen MR) is 121 cm³/mol. The highest BCUT2D eigenvalue weighted by atomic mass is 32.2. The summed E-state index contributed by atoms with van der Waals surface area (Å²) in [6.45, 7) is 6.27. The Hall–Kier alpha value is -3.46. The van der Waals surface area contributed by atoms with E-state index < -0.39 is 0 Å². The van der Waals surface area contributed by atoms with Gasteiger partial charge < -0.3 is 5.32 Å². The van der Waals surface area contributed by atoms with Crippen molar-refractivity contribution in [2.75, 3.05) is 11.1 Å². The molecule has 31 heavy (non-hydrogen) atoms. The highest BCUT2D eigenvalue weighted by Crippen LogP contribution is 2.29. The maximum atomic E-state index is 12.7. The third-order valence-electron chi connectivity index (χ3n) is 5.01. The van der Waals surface area contributed by atoms with E-state index in [1.165, 1.54) is 27.6 Å². The van der Waals surface area contributed by atoms with Gasteiger partial charge in [-0.15, -0.1) is 5.10 Å². The second-order valence-corrected chi connectivity index (χ2v) is 8.28. The second kappa shape index (κ2) is 8.73. The second-order valence-electron chi connectivity index (χ2n) is 7.34. The van der Waals surface area contributed by atoms with Crippen LogP contribution in [0.15, 0.2) is 53.7 Å². The Balaban J connectivity index is 1.65. The number of thioether (sulfide) groups is 1. The van der Waals surface area contributed by atoms with E-state index in [-0.39, 0.29) is 11.7 Å². The molecule has 0 unspecified atom stereocenters. The summed E-state index contributed by atoms with van der Waals surface area (Å²) in [4.78, 5) is 12.7. The number of anilines is 1. The SMILES string of the molecule is Cc1cc(C)c(-c2cc(NC(=O)CSc3nnnn3C)n(-c3ccccc3)n2)cc1C. The lowest BCUT2D eigenvalue weighted by Gasteiger charge is -2.08. The fourth-order valence-corrected chi connectivity index (χ4v) is 3.91. The number of hydrogen-bond donors (Lipinski definition) is 1. The van der Waals surface area contributed by atoms with Crippen LogP contribution >= 0.6 is 11.8 Å². The first-order valence-corrected chi connectivity index (χ1v) is 10.8. The lowest BCUT2D eigenvalue weighted by Crippen LogP contribution is -2.17. The molecule has 2 aromatic heterocycles. The van der Waals surface area contributed by atoms with Gasteiger partial charge in [-0.25, -0.2) is 9.36 Å². The molecule has 0 spiro atoms. The van der Waals surface area contributed by atoms with E-state index in [1.807, 2.05) is 36.4 Å². The molecule has 4 aromatic rings. The van der Waals surface area contributed by atoms with Gasteiger partial charge in [0.2, 0.25) is 11.1 Å².